The Morgan fingerprint density at radius 2 is 1.63 bits per heavy atom. The second-order valence-corrected chi connectivity index (χ2v) is 5.63. The van der Waals surface area contributed by atoms with Gasteiger partial charge in [0, 0.05) is 12.5 Å². The fourth-order valence-electron chi connectivity index (χ4n) is 2.71. The molecule has 0 fully saturated rings. The molecule has 0 unspecified atom stereocenters. The molecular weight excluding hydrogens is 352 g/mol. The van der Waals surface area contributed by atoms with E-state index in [1.807, 2.05) is 0 Å². The van der Waals surface area contributed by atoms with E-state index in [-0.39, 0.29) is 6.79 Å². The normalized spacial score (nSPS) is 12.5. The van der Waals surface area contributed by atoms with Gasteiger partial charge in [-0.2, -0.15) is 0 Å². The molecule has 3 rings (SSSR count). The van der Waals surface area contributed by atoms with E-state index in [4.69, 9.17) is 28.4 Å². The molecule has 7 heteroatoms. The second kappa shape index (κ2) is 7.90. The van der Waals surface area contributed by atoms with Crippen molar-refractivity contribution < 1.29 is 33.2 Å². The first kappa shape index (κ1) is 18.4. The minimum absolute atomic E-state index is 0.165. The molecule has 0 saturated carbocycles. The first-order valence-electron chi connectivity index (χ1n) is 8.16. The maximum atomic E-state index is 11.6. The first-order chi connectivity index (χ1) is 13.0. The van der Waals surface area contributed by atoms with Gasteiger partial charge in [0.15, 0.2) is 23.0 Å². The highest BCUT2D eigenvalue weighted by Crippen LogP contribution is 2.40. The van der Waals surface area contributed by atoms with Gasteiger partial charge in [-0.15, -0.1) is 0 Å². The number of benzene rings is 2. The number of carbonyl (C=O) groups excluding carboxylic acids is 1. The minimum Gasteiger partial charge on any atom is -0.493 e. The molecule has 27 heavy (non-hydrogen) atoms. The van der Waals surface area contributed by atoms with Gasteiger partial charge in [0.05, 0.1) is 21.3 Å². The summed E-state index contributed by atoms with van der Waals surface area (Å²) in [5.74, 6) is 2.63. The molecule has 0 bridgehead atoms. The molecule has 1 aliphatic heterocycles. The quantitative estimate of drug-likeness (QED) is 0.436. The number of hydrogen-bond donors (Lipinski definition) is 0. The molecule has 0 radical (unpaired) electrons. The van der Waals surface area contributed by atoms with Gasteiger partial charge < -0.3 is 28.4 Å². The summed E-state index contributed by atoms with van der Waals surface area (Å²) in [6.07, 6.45) is 1.71. The molecule has 0 aromatic heterocycles. The van der Waals surface area contributed by atoms with Gasteiger partial charge >= 0.3 is 5.97 Å². The van der Waals surface area contributed by atoms with Crippen LogP contribution in [0.1, 0.15) is 18.1 Å². The molecule has 1 aliphatic rings. The Labute approximate surface area is 157 Å². The van der Waals surface area contributed by atoms with E-state index in [1.54, 1.807) is 36.4 Å². The lowest BCUT2D eigenvalue weighted by Crippen LogP contribution is -1.99. The monoisotopic (exact) mass is 372 g/mol. The molecule has 2 aromatic rings. The third-order valence-electron chi connectivity index (χ3n) is 3.90. The van der Waals surface area contributed by atoms with Crippen molar-refractivity contribution in [3.05, 3.63) is 41.5 Å². The lowest BCUT2D eigenvalue weighted by molar-refractivity contribution is -0.134. The number of rotatable bonds is 6. The van der Waals surface area contributed by atoms with E-state index >= 15 is 0 Å². The average Bonchev–Trinajstić information content (AvgIpc) is 3.14. The molecule has 0 atom stereocenters. The van der Waals surface area contributed by atoms with Crippen LogP contribution in [-0.2, 0) is 9.53 Å². The lowest BCUT2D eigenvalue weighted by atomic mass is 10.1. The number of methoxy groups -OCH3 is 3. The van der Waals surface area contributed by atoms with Crippen LogP contribution in [-0.4, -0.2) is 34.1 Å². The Hall–Kier alpha value is -3.35. The van der Waals surface area contributed by atoms with Crippen LogP contribution in [0, 0.1) is 0 Å². The van der Waals surface area contributed by atoms with Crippen LogP contribution < -0.4 is 23.7 Å². The third kappa shape index (κ3) is 3.92. The van der Waals surface area contributed by atoms with E-state index < -0.39 is 5.97 Å². The number of esters is 1. The molecule has 0 amide bonds. The maximum Gasteiger partial charge on any atom is 0.308 e. The van der Waals surface area contributed by atoms with Crippen LogP contribution in [0.5, 0.6) is 28.7 Å². The number of fused-ring (bicyclic) bond motifs is 1. The summed E-state index contributed by atoms with van der Waals surface area (Å²) >= 11 is 0. The summed E-state index contributed by atoms with van der Waals surface area (Å²) in [5, 5.41) is 0. The molecular formula is C20H20O7. The van der Waals surface area contributed by atoms with Crippen molar-refractivity contribution in [2.24, 2.45) is 0 Å². The van der Waals surface area contributed by atoms with E-state index in [1.165, 1.54) is 28.3 Å². The molecule has 0 aliphatic carbocycles. The van der Waals surface area contributed by atoms with Crippen molar-refractivity contribution in [3.8, 4) is 28.7 Å². The standard InChI is InChI=1S/C20H20O7/c1-12(21)27-16(14-5-6-15-17(10-14)26-11-25-15)7-13-8-18(22-2)20(24-4)19(9-13)23-3/h5-10H,11H2,1-4H3/b16-7-. The summed E-state index contributed by atoms with van der Waals surface area (Å²) in [4.78, 5) is 11.6. The summed E-state index contributed by atoms with van der Waals surface area (Å²) in [5.41, 5.74) is 1.38. The lowest BCUT2D eigenvalue weighted by Gasteiger charge is -2.14. The maximum absolute atomic E-state index is 11.6. The van der Waals surface area contributed by atoms with Crippen molar-refractivity contribution in [3.63, 3.8) is 0 Å². The summed E-state index contributed by atoms with van der Waals surface area (Å²) in [7, 11) is 4.61. The first-order valence-corrected chi connectivity index (χ1v) is 8.16. The van der Waals surface area contributed by atoms with Gasteiger partial charge in [-0.3, -0.25) is 4.79 Å². The smallest absolute Gasteiger partial charge is 0.308 e. The van der Waals surface area contributed by atoms with E-state index in [0.29, 0.717) is 45.6 Å². The number of carbonyl (C=O) groups is 1. The minimum atomic E-state index is -0.439. The molecule has 142 valence electrons. The van der Waals surface area contributed by atoms with Crippen LogP contribution in [0.3, 0.4) is 0 Å². The van der Waals surface area contributed by atoms with E-state index in [2.05, 4.69) is 0 Å². The Morgan fingerprint density at radius 1 is 0.963 bits per heavy atom. The molecule has 7 nitrogen and oxygen atoms in total. The van der Waals surface area contributed by atoms with Crippen molar-refractivity contribution in [2.45, 2.75) is 6.92 Å². The van der Waals surface area contributed by atoms with Crippen LogP contribution >= 0.6 is 0 Å². The Morgan fingerprint density at radius 3 is 2.22 bits per heavy atom. The zero-order valence-corrected chi connectivity index (χ0v) is 15.5. The van der Waals surface area contributed by atoms with Crippen LogP contribution in [0.15, 0.2) is 30.3 Å². The second-order valence-electron chi connectivity index (χ2n) is 5.63. The fraction of sp³-hybridized carbons (Fsp3) is 0.250. The van der Waals surface area contributed by atoms with Gasteiger partial charge in [0.25, 0.3) is 0 Å². The van der Waals surface area contributed by atoms with Crippen molar-refractivity contribution in [1.29, 1.82) is 0 Å². The largest absolute Gasteiger partial charge is 0.493 e. The van der Waals surface area contributed by atoms with Crippen LogP contribution in [0.4, 0.5) is 0 Å². The predicted molar refractivity (Wildman–Crippen MR) is 98.3 cm³/mol. The number of ether oxygens (including phenoxy) is 6. The highest BCUT2D eigenvalue weighted by atomic mass is 16.7. The van der Waals surface area contributed by atoms with Gasteiger partial charge in [0.2, 0.25) is 12.5 Å². The van der Waals surface area contributed by atoms with Crippen LogP contribution in [0.2, 0.25) is 0 Å². The Kier molecular flexibility index (Phi) is 5.40. The summed E-state index contributed by atoms with van der Waals surface area (Å²) < 4.78 is 32.2. The molecule has 0 N–H and O–H groups in total. The van der Waals surface area contributed by atoms with E-state index in [9.17, 15) is 4.79 Å². The summed E-state index contributed by atoms with van der Waals surface area (Å²) in [6.45, 7) is 1.51. The van der Waals surface area contributed by atoms with Gasteiger partial charge in [-0.1, -0.05) is 0 Å². The zero-order valence-electron chi connectivity index (χ0n) is 15.5. The molecule has 1 heterocycles. The average molecular weight is 372 g/mol. The van der Waals surface area contributed by atoms with Crippen molar-refractivity contribution in [2.75, 3.05) is 28.1 Å². The van der Waals surface area contributed by atoms with Gasteiger partial charge in [0.1, 0.15) is 5.76 Å². The predicted octanol–water partition coefficient (Wildman–Crippen LogP) is 3.50. The SMILES string of the molecule is COc1cc(/C=C(\OC(C)=O)c2ccc3c(c2)OCO3)cc(OC)c1OC. The molecule has 0 saturated heterocycles. The summed E-state index contributed by atoms with van der Waals surface area (Å²) in [6, 6.07) is 8.84. The molecule has 0 spiro atoms. The Bertz CT molecular complexity index is 861. The zero-order chi connectivity index (χ0) is 19.4. The Balaban J connectivity index is 2.07. The fourth-order valence-corrected chi connectivity index (χ4v) is 2.71. The highest BCUT2D eigenvalue weighted by molar-refractivity contribution is 5.85. The van der Waals surface area contributed by atoms with E-state index in [0.717, 1.165) is 0 Å². The molecule has 2 aromatic carbocycles. The van der Waals surface area contributed by atoms with Crippen molar-refractivity contribution in [1.82, 2.24) is 0 Å². The third-order valence-corrected chi connectivity index (χ3v) is 3.90. The van der Waals surface area contributed by atoms with Gasteiger partial charge in [-0.05, 0) is 42.0 Å². The van der Waals surface area contributed by atoms with Crippen molar-refractivity contribution >= 4 is 17.8 Å². The highest BCUT2D eigenvalue weighted by Gasteiger charge is 2.17. The van der Waals surface area contributed by atoms with Gasteiger partial charge in [-0.25, -0.2) is 0 Å². The topological polar surface area (TPSA) is 72.5 Å². The van der Waals surface area contributed by atoms with Crippen LogP contribution in [0.25, 0.3) is 11.8 Å². The number of hydrogen-bond acceptors (Lipinski definition) is 7.